The zero-order valence-corrected chi connectivity index (χ0v) is 17.9. The summed E-state index contributed by atoms with van der Waals surface area (Å²) < 4.78 is 10.9. The summed E-state index contributed by atoms with van der Waals surface area (Å²) >= 11 is 0. The lowest BCUT2D eigenvalue weighted by Crippen LogP contribution is -2.26. The number of amides is 1. The van der Waals surface area contributed by atoms with Crippen LogP contribution in [0.2, 0.25) is 0 Å². The van der Waals surface area contributed by atoms with Crippen LogP contribution in [0.5, 0.6) is 5.75 Å². The molecule has 3 heterocycles. The lowest BCUT2D eigenvalue weighted by Gasteiger charge is -2.26. The van der Waals surface area contributed by atoms with Crippen molar-refractivity contribution in [2.24, 2.45) is 0 Å². The van der Waals surface area contributed by atoms with Crippen LogP contribution in [-0.2, 0) is 17.7 Å². The number of ether oxygens (including phenoxy) is 2. The largest absolute Gasteiger partial charge is 0.495 e. The highest BCUT2D eigenvalue weighted by molar-refractivity contribution is 5.93. The first-order valence-corrected chi connectivity index (χ1v) is 10.4. The molecule has 1 aromatic heterocycles. The van der Waals surface area contributed by atoms with Crippen LogP contribution in [0.1, 0.15) is 18.1 Å². The Labute approximate surface area is 180 Å². The highest BCUT2D eigenvalue weighted by Crippen LogP contribution is 2.33. The second-order valence-corrected chi connectivity index (χ2v) is 8.18. The van der Waals surface area contributed by atoms with Crippen molar-refractivity contribution in [1.82, 2.24) is 14.9 Å². The van der Waals surface area contributed by atoms with E-state index in [2.05, 4.69) is 39.4 Å². The zero-order chi connectivity index (χ0) is 21.5. The Morgan fingerprint density at radius 1 is 1.23 bits per heavy atom. The first kappa shape index (κ1) is 19.6. The summed E-state index contributed by atoms with van der Waals surface area (Å²) in [6.45, 7) is 4.36. The fraction of sp³-hybridized carbons (Fsp3) is 0.348. The average Bonchev–Trinajstić information content (AvgIpc) is 3.10. The molecule has 0 saturated carbocycles. The minimum atomic E-state index is -0.331. The first-order chi connectivity index (χ1) is 15.0. The highest BCUT2D eigenvalue weighted by Gasteiger charge is 2.29. The summed E-state index contributed by atoms with van der Waals surface area (Å²) in [5.41, 5.74) is 4.95. The van der Waals surface area contributed by atoms with Crippen molar-refractivity contribution in [1.29, 1.82) is 0 Å². The van der Waals surface area contributed by atoms with Crippen LogP contribution in [0.4, 0.5) is 22.1 Å². The van der Waals surface area contributed by atoms with Gasteiger partial charge in [0.25, 0.3) is 0 Å². The number of methoxy groups -OCH3 is 1. The number of cyclic esters (lactones) is 1. The van der Waals surface area contributed by atoms with Crippen LogP contribution in [0.25, 0.3) is 10.9 Å². The molecular formula is C23H25N5O3. The van der Waals surface area contributed by atoms with E-state index in [-0.39, 0.29) is 12.2 Å². The van der Waals surface area contributed by atoms with E-state index >= 15 is 0 Å². The molecular weight excluding hydrogens is 394 g/mol. The van der Waals surface area contributed by atoms with Crippen LogP contribution >= 0.6 is 0 Å². The van der Waals surface area contributed by atoms with Gasteiger partial charge in [0.1, 0.15) is 11.9 Å². The number of hydrogen-bond donors (Lipinski definition) is 1. The van der Waals surface area contributed by atoms with Gasteiger partial charge in [0, 0.05) is 30.4 Å². The Morgan fingerprint density at radius 2 is 2.10 bits per heavy atom. The van der Waals surface area contributed by atoms with Crippen molar-refractivity contribution >= 4 is 34.3 Å². The molecule has 2 aromatic carbocycles. The van der Waals surface area contributed by atoms with Gasteiger partial charge in [0.2, 0.25) is 5.95 Å². The van der Waals surface area contributed by atoms with Gasteiger partial charge < -0.3 is 19.7 Å². The van der Waals surface area contributed by atoms with E-state index < -0.39 is 0 Å². The van der Waals surface area contributed by atoms with Gasteiger partial charge in [0.15, 0.2) is 0 Å². The standard InChI is InChI=1S/C23H25N5O3/c1-14-12-28(23(29)31-14)18-5-4-16-11-24-22(25-19(16)10-18)26-20-8-17-13-27(2)7-6-15(17)9-21(20)30-3/h4-5,8-11,14H,6-7,12-13H2,1-3H3,(H,24,25,26). The van der Waals surface area contributed by atoms with Crippen LogP contribution < -0.4 is 15.0 Å². The van der Waals surface area contributed by atoms with Crippen molar-refractivity contribution < 1.29 is 14.3 Å². The third-order valence-electron chi connectivity index (χ3n) is 5.81. The molecule has 0 aliphatic carbocycles. The van der Waals surface area contributed by atoms with Crippen LogP contribution in [0, 0.1) is 0 Å². The van der Waals surface area contributed by atoms with Gasteiger partial charge in [-0.25, -0.2) is 14.8 Å². The number of carbonyl (C=O) groups is 1. The molecule has 1 fully saturated rings. The van der Waals surface area contributed by atoms with Gasteiger partial charge in [0.05, 0.1) is 24.9 Å². The van der Waals surface area contributed by atoms with Gasteiger partial charge >= 0.3 is 6.09 Å². The van der Waals surface area contributed by atoms with E-state index in [0.29, 0.717) is 12.5 Å². The van der Waals surface area contributed by atoms with E-state index in [9.17, 15) is 4.79 Å². The Kier molecular flexibility index (Phi) is 4.86. The smallest absolute Gasteiger partial charge is 0.414 e. The maximum Gasteiger partial charge on any atom is 0.414 e. The van der Waals surface area contributed by atoms with E-state index in [4.69, 9.17) is 9.47 Å². The number of carbonyl (C=O) groups excluding carboxylic acids is 1. The van der Waals surface area contributed by atoms with Crippen LogP contribution in [0.3, 0.4) is 0 Å². The number of hydrogen-bond acceptors (Lipinski definition) is 7. The minimum Gasteiger partial charge on any atom is -0.495 e. The molecule has 2 aliphatic heterocycles. The molecule has 1 atom stereocenters. The van der Waals surface area contributed by atoms with Crippen molar-refractivity contribution in [3.63, 3.8) is 0 Å². The molecule has 1 amide bonds. The molecule has 0 spiro atoms. The SMILES string of the molecule is COc1cc2c(cc1Nc1ncc3ccc(N4CC(C)OC4=O)cc3n1)CN(C)CC2. The maximum atomic E-state index is 12.1. The van der Waals surface area contributed by atoms with Gasteiger partial charge in [-0.05, 0) is 61.9 Å². The fourth-order valence-corrected chi connectivity index (χ4v) is 4.17. The molecule has 1 unspecified atom stereocenters. The molecule has 8 nitrogen and oxygen atoms in total. The van der Waals surface area contributed by atoms with E-state index in [1.165, 1.54) is 11.1 Å². The Morgan fingerprint density at radius 3 is 2.87 bits per heavy atom. The number of rotatable bonds is 4. The van der Waals surface area contributed by atoms with Gasteiger partial charge in [-0.3, -0.25) is 4.90 Å². The fourth-order valence-electron chi connectivity index (χ4n) is 4.17. The topological polar surface area (TPSA) is 79.8 Å². The molecule has 0 radical (unpaired) electrons. The second kappa shape index (κ2) is 7.70. The van der Waals surface area contributed by atoms with Gasteiger partial charge in [-0.15, -0.1) is 0 Å². The number of anilines is 3. The summed E-state index contributed by atoms with van der Waals surface area (Å²) in [6, 6.07) is 9.92. The predicted octanol–water partition coefficient (Wildman–Crippen LogP) is 3.72. The monoisotopic (exact) mass is 419 g/mol. The normalized spacial score (nSPS) is 18.7. The van der Waals surface area contributed by atoms with E-state index in [0.717, 1.165) is 47.5 Å². The maximum absolute atomic E-state index is 12.1. The lowest BCUT2D eigenvalue weighted by molar-refractivity contribution is 0.150. The molecule has 31 heavy (non-hydrogen) atoms. The Hall–Kier alpha value is -3.39. The summed E-state index contributed by atoms with van der Waals surface area (Å²) in [5, 5.41) is 4.21. The highest BCUT2D eigenvalue weighted by atomic mass is 16.6. The molecule has 0 bridgehead atoms. The number of benzene rings is 2. The van der Waals surface area contributed by atoms with Crippen LogP contribution in [-0.4, -0.2) is 54.3 Å². The first-order valence-electron chi connectivity index (χ1n) is 10.4. The number of aromatic nitrogens is 2. The van der Waals surface area contributed by atoms with Crippen molar-refractivity contribution in [2.45, 2.75) is 26.0 Å². The lowest BCUT2D eigenvalue weighted by atomic mass is 9.99. The quantitative estimate of drug-likeness (QED) is 0.690. The molecule has 3 aromatic rings. The number of fused-ring (bicyclic) bond motifs is 2. The van der Waals surface area contributed by atoms with E-state index in [1.807, 2.05) is 25.1 Å². The Balaban J connectivity index is 1.47. The third kappa shape index (κ3) is 3.74. The molecule has 160 valence electrons. The molecule has 2 aliphatic rings. The molecule has 8 heteroatoms. The third-order valence-corrected chi connectivity index (χ3v) is 5.81. The van der Waals surface area contributed by atoms with Crippen molar-refractivity contribution in [2.75, 3.05) is 37.5 Å². The van der Waals surface area contributed by atoms with Gasteiger partial charge in [-0.1, -0.05) is 0 Å². The summed E-state index contributed by atoms with van der Waals surface area (Å²) in [7, 11) is 3.80. The zero-order valence-electron chi connectivity index (χ0n) is 17.9. The second-order valence-electron chi connectivity index (χ2n) is 8.18. The summed E-state index contributed by atoms with van der Waals surface area (Å²) in [4.78, 5) is 25.2. The predicted molar refractivity (Wildman–Crippen MR) is 119 cm³/mol. The van der Waals surface area contributed by atoms with Gasteiger partial charge in [-0.2, -0.15) is 0 Å². The summed E-state index contributed by atoms with van der Waals surface area (Å²) in [5.74, 6) is 1.25. The Bertz CT molecular complexity index is 1170. The van der Waals surface area contributed by atoms with Crippen molar-refractivity contribution in [3.8, 4) is 5.75 Å². The van der Waals surface area contributed by atoms with Crippen molar-refractivity contribution in [3.05, 3.63) is 47.7 Å². The number of likely N-dealkylation sites (N-methyl/N-ethyl adjacent to an activating group) is 1. The van der Waals surface area contributed by atoms with E-state index in [1.54, 1.807) is 18.2 Å². The number of nitrogens with one attached hydrogen (secondary N) is 1. The van der Waals surface area contributed by atoms with Crippen LogP contribution in [0.15, 0.2) is 36.5 Å². The average molecular weight is 419 g/mol. The molecule has 1 saturated heterocycles. The molecule has 5 rings (SSSR count). The minimum absolute atomic E-state index is 0.124. The number of nitrogens with zero attached hydrogens (tertiary/aromatic N) is 4. The summed E-state index contributed by atoms with van der Waals surface area (Å²) in [6.07, 6.45) is 2.33. The molecule has 1 N–H and O–H groups in total.